The molecule has 6 nitrogen and oxygen atoms in total. The van der Waals surface area contributed by atoms with Crippen LogP contribution >= 0.6 is 0 Å². The second-order valence-corrected chi connectivity index (χ2v) is 7.93. The number of carbonyl (C=O) groups excluding carboxylic acids is 1. The Morgan fingerprint density at radius 2 is 1.91 bits per heavy atom. The average molecular weight is 348 g/mol. The number of sulfone groups is 1. The number of rotatable bonds is 6. The third-order valence-corrected chi connectivity index (χ3v) is 6.09. The number of hydrogen-bond acceptors (Lipinski definition) is 4. The lowest BCUT2D eigenvalue weighted by atomic mass is 9.84. The van der Waals surface area contributed by atoms with E-state index in [0.717, 1.165) is 6.42 Å². The highest BCUT2D eigenvalue weighted by atomic mass is 32.2. The Balaban J connectivity index is 1.87. The molecule has 1 saturated carbocycles. The van der Waals surface area contributed by atoms with Crippen molar-refractivity contribution in [2.75, 3.05) is 18.1 Å². The van der Waals surface area contributed by atoms with E-state index in [1.807, 2.05) is 0 Å². The van der Waals surface area contributed by atoms with Crippen molar-refractivity contribution in [3.8, 4) is 5.75 Å². The first-order valence-corrected chi connectivity index (χ1v) is 8.90. The minimum Gasteiger partial charge on any atom is -0.435 e. The maximum Gasteiger partial charge on any atom is 0.387 e. The van der Waals surface area contributed by atoms with E-state index in [9.17, 15) is 22.0 Å². The standard InChI is InChI=1S/C14H18F2N2O4S/c1-23(20,21)14(7-2-8-14)9-17-13(19)18-10-3-5-11(6-4-10)22-12(15)16/h3-6,12H,2,7-9H2,1H3,(H2,17,18,19). The SMILES string of the molecule is CS(=O)(=O)C1(CNC(=O)Nc2ccc(OC(F)F)cc2)CCC1. The van der Waals surface area contributed by atoms with Crippen LogP contribution in [0.3, 0.4) is 0 Å². The molecule has 0 saturated heterocycles. The van der Waals surface area contributed by atoms with Crippen molar-refractivity contribution < 1.29 is 26.7 Å². The van der Waals surface area contributed by atoms with E-state index >= 15 is 0 Å². The second kappa shape index (κ2) is 6.69. The molecule has 0 aromatic heterocycles. The number of hydrogen-bond donors (Lipinski definition) is 2. The molecule has 0 bridgehead atoms. The number of anilines is 1. The third-order valence-electron chi connectivity index (χ3n) is 3.96. The molecule has 1 aromatic rings. The fourth-order valence-corrected chi connectivity index (χ4v) is 3.75. The van der Waals surface area contributed by atoms with Crippen molar-refractivity contribution in [3.63, 3.8) is 0 Å². The summed E-state index contributed by atoms with van der Waals surface area (Å²) in [5, 5.41) is 5.05. The van der Waals surface area contributed by atoms with Crippen molar-refractivity contribution in [1.29, 1.82) is 0 Å². The Labute approximate surface area is 133 Å². The van der Waals surface area contributed by atoms with Crippen LogP contribution in [0.25, 0.3) is 0 Å². The molecule has 0 unspecified atom stereocenters. The Hall–Kier alpha value is -1.90. The Kier molecular flexibility index (Phi) is 5.08. The van der Waals surface area contributed by atoms with E-state index in [1.54, 1.807) is 0 Å². The Morgan fingerprint density at radius 3 is 2.35 bits per heavy atom. The van der Waals surface area contributed by atoms with Crippen molar-refractivity contribution in [3.05, 3.63) is 24.3 Å². The van der Waals surface area contributed by atoms with Crippen LogP contribution in [0.4, 0.5) is 19.3 Å². The largest absolute Gasteiger partial charge is 0.435 e. The molecule has 1 aliphatic rings. The lowest BCUT2D eigenvalue weighted by Crippen LogP contribution is -2.53. The first-order chi connectivity index (χ1) is 10.7. The number of carbonyl (C=O) groups is 1. The van der Waals surface area contributed by atoms with E-state index < -0.39 is 27.2 Å². The van der Waals surface area contributed by atoms with Crippen LogP contribution < -0.4 is 15.4 Å². The van der Waals surface area contributed by atoms with Crippen molar-refractivity contribution in [2.45, 2.75) is 30.6 Å². The van der Waals surface area contributed by atoms with Gasteiger partial charge in [0.1, 0.15) is 5.75 Å². The van der Waals surface area contributed by atoms with Gasteiger partial charge in [0.25, 0.3) is 0 Å². The van der Waals surface area contributed by atoms with Gasteiger partial charge in [-0.15, -0.1) is 0 Å². The molecule has 0 radical (unpaired) electrons. The van der Waals surface area contributed by atoms with Crippen molar-refractivity contribution >= 4 is 21.6 Å². The molecular formula is C14H18F2N2O4S. The summed E-state index contributed by atoms with van der Waals surface area (Å²) in [6, 6.07) is 4.86. The molecule has 1 aromatic carbocycles. The van der Waals surface area contributed by atoms with Crippen LogP contribution in [0.1, 0.15) is 19.3 Å². The summed E-state index contributed by atoms with van der Waals surface area (Å²) in [5.74, 6) is -0.0172. The monoisotopic (exact) mass is 348 g/mol. The predicted octanol–water partition coefficient (Wildman–Crippen LogP) is 2.38. The minimum absolute atomic E-state index is 0.0172. The van der Waals surface area contributed by atoms with Crippen LogP contribution in [0, 0.1) is 0 Å². The summed E-state index contributed by atoms with van der Waals surface area (Å²) < 4.78 is 50.9. The molecule has 1 fully saturated rings. The lowest BCUT2D eigenvalue weighted by molar-refractivity contribution is -0.0498. The maximum atomic E-state index is 12.0. The van der Waals surface area contributed by atoms with Crippen LogP contribution in [-0.2, 0) is 9.84 Å². The van der Waals surface area contributed by atoms with Gasteiger partial charge < -0.3 is 15.4 Å². The lowest BCUT2D eigenvalue weighted by Gasteiger charge is -2.39. The van der Waals surface area contributed by atoms with E-state index in [0.29, 0.717) is 18.5 Å². The summed E-state index contributed by atoms with van der Waals surface area (Å²) in [6.07, 6.45) is 3.06. The molecule has 0 heterocycles. The third kappa shape index (κ3) is 4.31. The first-order valence-electron chi connectivity index (χ1n) is 7.01. The predicted molar refractivity (Wildman–Crippen MR) is 81.5 cm³/mol. The first kappa shape index (κ1) is 17.5. The zero-order chi connectivity index (χ0) is 17.1. The molecule has 0 atom stereocenters. The van der Waals surface area contributed by atoms with Gasteiger partial charge in [0.2, 0.25) is 0 Å². The molecular weight excluding hydrogens is 330 g/mol. The zero-order valence-electron chi connectivity index (χ0n) is 12.5. The van der Waals surface area contributed by atoms with E-state index in [-0.39, 0.29) is 12.3 Å². The molecule has 9 heteroatoms. The summed E-state index contributed by atoms with van der Waals surface area (Å²) in [7, 11) is -3.24. The molecule has 128 valence electrons. The van der Waals surface area contributed by atoms with Gasteiger partial charge in [-0.1, -0.05) is 6.42 Å². The average Bonchev–Trinajstić information content (AvgIpc) is 2.37. The van der Waals surface area contributed by atoms with Crippen LogP contribution in [0.2, 0.25) is 0 Å². The highest BCUT2D eigenvalue weighted by molar-refractivity contribution is 7.92. The van der Waals surface area contributed by atoms with Crippen molar-refractivity contribution in [1.82, 2.24) is 5.32 Å². The molecule has 0 spiro atoms. The number of amides is 2. The molecule has 2 N–H and O–H groups in total. The summed E-state index contributed by atoms with van der Waals surface area (Å²) in [5.41, 5.74) is 0.381. The van der Waals surface area contributed by atoms with Gasteiger partial charge in [0.15, 0.2) is 9.84 Å². The van der Waals surface area contributed by atoms with Gasteiger partial charge >= 0.3 is 12.6 Å². The zero-order valence-corrected chi connectivity index (χ0v) is 13.3. The van der Waals surface area contributed by atoms with E-state index in [1.165, 1.54) is 30.5 Å². The van der Waals surface area contributed by atoms with Crippen molar-refractivity contribution in [2.24, 2.45) is 0 Å². The number of alkyl halides is 2. The van der Waals surface area contributed by atoms with Gasteiger partial charge in [0, 0.05) is 18.5 Å². The Bertz CT molecular complexity index is 658. The van der Waals surface area contributed by atoms with Gasteiger partial charge in [-0.3, -0.25) is 0 Å². The highest BCUT2D eigenvalue weighted by Gasteiger charge is 2.46. The van der Waals surface area contributed by atoms with E-state index in [4.69, 9.17) is 0 Å². The number of nitrogens with one attached hydrogen (secondary N) is 2. The Morgan fingerprint density at radius 1 is 1.30 bits per heavy atom. The topological polar surface area (TPSA) is 84.5 Å². The van der Waals surface area contributed by atoms with Gasteiger partial charge in [-0.25, -0.2) is 13.2 Å². The smallest absolute Gasteiger partial charge is 0.387 e. The number of halogens is 2. The number of benzene rings is 1. The molecule has 2 amide bonds. The van der Waals surface area contributed by atoms with Gasteiger partial charge in [0.05, 0.1) is 4.75 Å². The van der Waals surface area contributed by atoms with Crippen LogP contribution in [0.5, 0.6) is 5.75 Å². The van der Waals surface area contributed by atoms with Gasteiger partial charge in [-0.05, 0) is 37.1 Å². The molecule has 23 heavy (non-hydrogen) atoms. The molecule has 0 aliphatic heterocycles. The van der Waals surface area contributed by atoms with Crippen LogP contribution in [0.15, 0.2) is 24.3 Å². The van der Waals surface area contributed by atoms with E-state index in [2.05, 4.69) is 15.4 Å². The quantitative estimate of drug-likeness (QED) is 0.827. The number of urea groups is 1. The number of ether oxygens (including phenoxy) is 1. The maximum absolute atomic E-state index is 12.0. The minimum atomic E-state index is -3.24. The highest BCUT2D eigenvalue weighted by Crippen LogP contribution is 2.38. The van der Waals surface area contributed by atoms with Crippen LogP contribution in [-0.4, -0.2) is 38.6 Å². The molecule has 1 aliphatic carbocycles. The fraction of sp³-hybridized carbons (Fsp3) is 0.500. The fourth-order valence-electron chi connectivity index (χ4n) is 2.39. The van der Waals surface area contributed by atoms with Gasteiger partial charge in [-0.2, -0.15) is 8.78 Å². The summed E-state index contributed by atoms with van der Waals surface area (Å²) in [4.78, 5) is 11.8. The second-order valence-electron chi connectivity index (χ2n) is 5.52. The normalized spacial score (nSPS) is 16.5. The summed E-state index contributed by atoms with van der Waals surface area (Å²) in [6.45, 7) is -2.86. The summed E-state index contributed by atoms with van der Waals surface area (Å²) >= 11 is 0. The molecule has 2 rings (SSSR count).